The molecule has 0 unspecified atom stereocenters. The fraction of sp³-hybridized carbons (Fsp3) is 0.516. The molecule has 1 spiro atoms. The molecule has 2 aliphatic heterocycles. The summed E-state index contributed by atoms with van der Waals surface area (Å²) in [6, 6.07) is 11.9. The molecule has 1 amide bonds. The number of likely N-dealkylation sites (tertiary alicyclic amines) is 1. The van der Waals surface area contributed by atoms with Crippen molar-refractivity contribution in [1.29, 1.82) is 0 Å². The second-order valence-corrected chi connectivity index (χ2v) is 11.7. The van der Waals surface area contributed by atoms with Crippen LogP contribution in [0.1, 0.15) is 59.9 Å². The van der Waals surface area contributed by atoms with Gasteiger partial charge in [0.1, 0.15) is 5.82 Å². The number of piperidine rings is 1. The zero-order valence-corrected chi connectivity index (χ0v) is 21.5. The number of carbonyl (C=O) groups excluding carboxylic acids is 1. The molecule has 6 rings (SSSR count). The van der Waals surface area contributed by atoms with Crippen LogP contribution in [-0.4, -0.2) is 53.1 Å². The SMILES string of the molecule is Cc1ccc(F)c(CN2CC3(CCN(C(=O)C4CCC4)CC3)C3=C(Cc4cc(C)ccc43)[C@H]2CO)c1. The molecule has 0 radical (unpaired) electrons. The van der Waals surface area contributed by atoms with Crippen molar-refractivity contribution in [2.45, 2.75) is 65.0 Å². The van der Waals surface area contributed by atoms with Gasteiger partial charge < -0.3 is 10.0 Å². The minimum absolute atomic E-state index is 0.0294. The van der Waals surface area contributed by atoms with Gasteiger partial charge in [-0.1, -0.05) is 47.9 Å². The lowest BCUT2D eigenvalue weighted by atomic mass is 9.66. The van der Waals surface area contributed by atoms with Gasteiger partial charge in [-0.05, 0) is 74.3 Å². The highest BCUT2D eigenvalue weighted by Gasteiger charge is 2.50. The molecule has 4 nitrogen and oxygen atoms in total. The molecule has 4 aliphatic rings. The van der Waals surface area contributed by atoms with Crippen molar-refractivity contribution >= 4 is 11.5 Å². The fourth-order valence-corrected chi connectivity index (χ4v) is 7.20. The Balaban J connectivity index is 1.37. The standard InChI is InChI=1S/C31H37FN2O2/c1-20-6-8-25-23(14-20)16-26-28(18-35)34(17-24-15-21(2)7-9-27(24)32)19-31(29(25)26)10-12-33(13-11-31)30(36)22-4-3-5-22/h6-9,14-15,22,28,35H,3-5,10-13,16-19H2,1-2H3/t28-/m1/s1. The smallest absolute Gasteiger partial charge is 0.225 e. The van der Waals surface area contributed by atoms with E-state index in [0.717, 1.165) is 57.3 Å². The largest absolute Gasteiger partial charge is 0.394 e. The molecule has 1 saturated heterocycles. The minimum atomic E-state index is -0.183. The topological polar surface area (TPSA) is 43.8 Å². The Morgan fingerprint density at radius 1 is 1.08 bits per heavy atom. The predicted octanol–water partition coefficient (Wildman–Crippen LogP) is 5.04. The summed E-state index contributed by atoms with van der Waals surface area (Å²) < 4.78 is 14.8. The van der Waals surface area contributed by atoms with Crippen LogP contribution in [0.2, 0.25) is 0 Å². The van der Waals surface area contributed by atoms with E-state index >= 15 is 0 Å². The number of aliphatic hydroxyl groups is 1. The average molecular weight is 489 g/mol. The van der Waals surface area contributed by atoms with Crippen molar-refractivity contribution in [3.8, 4) is 0 Å². The van der Waals surface area contributed by atoms with Crippen LogP contribution in [-0.2, 0) is 17.8 Å². The molecule has 190 valence electrons. The van der Waals surface area contributed by atoms with Gasteiger partial charge >= 0.3 is 0 Å². The Kier molecular flexibility index (Phi) is 6.04. The molecule has 2 aromatic rings. The normalized spacial score (nSPS) is 23.6. The van der Waals surface area contributed by atoms with E-state index in [9.17, 15) is 14.3 Å². The van der Waals surface area contributed by atoms with Crippen LogP contribution in [0.15, 0.2) is 42.0 Å². The maximum Gasteiger partial charge on any atom is 0.225 e. The van der Waals surface area contributed by atoms with Gasteiger partial charge in [-0.2, -0.15) is 0 Å². The van der Waals surface area contributed by atoms with E-state index in [1.54, 1.807) is 6.07 Å². The van der Waals surface area contributed by atoms with Crippen LogP contribution in [0.5, 0.6) is 0 Å². The molecule has 1 N–H and O–H groups in total. The van der Waals surface area contributed by atoms with Gasteiger partial charge in [0.25, 0.3) is 0 Å². The maximum atomic E-state index is 14.8. The minimum Gasteiger partial charge on any atom is -0.394 e. The van der Waals surface area contributed by atoms with Crippen LogP contribution < -0.4 is 0 Å². The summed E-state index contributed by atoms with van der Waals surface area (Å²) in [6.45, 7) is 6.99. The number of carbonyl (C=O) groups is 1. The third kappa shape index (κ3) is 3.92. The molecular formula is C31H37FN2O2. The summed E-state index contributed by atoms with van der Waals surface area (Å²) in [6.07, 6.45) is 5.93. The lowest BCUT2D eigenvalue weighted by Gasteiger charge is -2.52. The molecule has 2 aliphatic carbocycles. The van der Waals surface area contributed by atoms with Gasteiger partial charge in [-0.3, -0.25) is 9.69 Å². The third-order valence-corrected chi connectivity index (χ3v) is 9.35. The maximum absolute atomic E-state index is 14.8. The van der Waals surface area contributed by atoms with E-state index in [4.69, 9.17) is 0 Å². The summed E-state index contributed by atoms with van der Waals surface area (Å²) in [7, 11) is 0. The van der Waals surface area contributed by atoms with Crippen molar-refractivity contribution in [2.75, 3.05) is 26.2 Å². The number of aryl methyl sites for hydroxylation is 2. The first kappa shape index (κ1) is 23.9. The number of hydrogen-bond donors (Lipinski definition) is 1. The molecule has 2 aromatic carbocycles. The first-order valence-electron chi connectivity index (χ1n) is 13.6. The second kappa shape index (κ2) is 9.11. The van der Waals surface area contributed by atoms with Crippen LogP contribution in [0.4, 0.5) is 4.39 Å². The molecule has 1 saturated carbocycles. The van der Waals surface area contributed by atoms with Gasteiger partial charge in [0.15, 0.2) is 0 Å². The van der Waals surface area contributed by atoms with Crippen molar-refractivity contribution in [3.63, 3.8) is 0 Å². The van der Waals surface area contributed by atoms with Crippen molar-refractivity contribution in [1.82, 2.24) is 9.80 Å². The highest BCUT2D eigenvalue weighted by atomic mass is 19.1. The van der Waals surface area contributed by atoms with E-state index in [-0.39, 0.29) is 29.8 Å². The van der Waals surface area contributed by atoms with Crippen molar-refractivity contribution in [2.24, 2.45) is 11.3 Å². The number of amides is 1. The summed E-state index contributed by atoms with van der Waals surface area (Å²) in [5, 5.41) is 10.6. The number of rotatable bonds is 4. The Morgan fingerprint density at radius 2 is 1.81 bits per heavy atom. The fourth-order valence-electron chi connectivity index (χ4n) is 7.20. The van der Waals surface area contributed by atoms with Crippen LogP contribution >= 0.6 is 0 Å². The molecule has 36 heavy (non-hydrogen) atoms. The number of nitrogens with zero attached hydrogens (tertiary/aromatic N) is 2. The highest BCUT2D eigenvalue weighted by Crippen LogP contribution is 2.55. The number of aliphatic hydroxyl groups excluding tert-OH is 1. The lowest BCUT2D eigenvalue weighted by molar-refractivity contribution is -0.140. The van der Waals surface area contributed by atoms with Crippen LogP contribution in [0.3, 0.4) is 0 Å². The summed E-state index contributed by atoms with van der Waals surface area (Å²) >= 11 is 0. The van der Waals surface area contributed by atoms with Gasteiger partial charge in [-0.15, -0.1) is 0 Å². The molecule has 0 bridgehead atoms. The zero-order valence-electron chi connectivity index (χ0n) is 21.5. The third-order valence-electron chi connectivity index (χ3n) is 9.35. The van der Waals surface area contributed by atoms with E-state index in [2.05, 4.69) is 34.9 Å². The monoisotopic (exact) mass is 488 g/mol. The molecule has 1 atom stereocenters. The van der Waals surface area contributed by atoms with Gasteiger partial charge in [0.05, 0.1) is 12.6 Å². The van der Waals surface area contributed by atoms with E-state index in [1.165, 1.54) is 34.3 Å². The number of halogens is 1. The molecule has 5 heteroatoms. The highest BCUT2D eigenvalue weighted by molar-refractivity contribution is 5.83. The van der Waals surface area contributed by atoms with Crippen molar-refractivity contribution < 1.29 is 14.3 Å². The molecule has 0 aromatic heterocycles. The lowest BCUT2D eigenvalue weighted by Crippen LogP contribution is -2.55. The average Bonchev–Trinajstić information content (AvgIpc) is 3.20. The number of benzene rings is 2. The summed E-state index contributed by atoms with van der Waals surface area (Å²) in [4.78, 5) is 17.4. The predicted molar refractivity (Wildman–Crippen MR) is 140 cm³/mol. The van der Waals surface area contributed by atoms with E-state index in [1.807, 2.05) is 19.1 Å². The van der Waals surface area contributed by atoms with Crippen LogP contribution in [0.25, 0.3) is 5.57 Å². The second-order valence-electron chi connectivity index (χ2n) is 11.7. The first-order chi connectivity index (χ1) is 17.4. The molecule has 2 heterocycles. The summed E-state index contributed by atoms with van der Waals surface area (Å²) in [5.41, 5.74) is 8.29. The Morgan fingerprint density at radius 3 is 2.50 bits per heavy atom. The molecular weight excluding hydrogens is 451 g/mol. The first-order valence-corrected chi connectivity index (χ1v) is 13.6. The summed E-state index contributed by atoms with van der Waals surface area (Å²) in [5.74, 6) is 0.391. The number of fused-ring (bicyclic) bond motifs is 3. The van der Waals surface area contributed by atoms with Crippen molar-refractivity contribution in [3.05, 3.63) is 75.6 Å². The van der Waals surface area contributed by atoms with Crippen LogP contribution in [0, 0.1) is 31.0 Å². The zero-order chi connectivity index (χ0) is 25.0. The quantitative estimate of drug-likeness (QED) is 0.656. The van der Waals surface area contributed by atoms with Gasteiger partial charge in [-0.25, -0.2) is 4.39 Å². The number of hydrogen-bond acceptors (Lipinski definition) is 3. The van der Waals surface area contributed by atoms with Gasteiger partial charge in [0.2, 0.25) is 5.91 Å². The van der Waals surface area contributed by atoms with Gasteiger partial charge in [0, 0.05) is 43.1 Å². The Labute approximate surface area is 213 Å². The van der Waals surface area contributed by atoms with E-state index in [0.29, 0.717) is 18.0 Å². The Hall–Kier alpha value is -2.50. The molecule has 2 fully saturated rings. The Bertz CT molecular complexity index is 1220. The van der Waals surface area contributed by atoms with E-state index < -0.39 is 0 Å².